The van der Waals surface area contributed by atoms with Crippen molar-refractivity contribution in [2.45, 2.75) is 19.6 Å². The average molecular weight is 639 g/mol. The third-order valence-corrected chi connectivity index (χ3v) is 7.85. The summed E-state index contributed by atoms with van der Waals surface area (Å²) >= 11 is 1.96. The van der Waals surface area contributed by atoms with E-state index in [4.69, 9.17) is 0 Å². The number of benzene rings is 2. The fraction of sp³-hybridized carbons (Fsp3) is 0.208. The number of rotatable bonds is 7. The summed E-state index contributed by atoms with van der Waals surface area (Å²) in [4.78, 5) is 41.6. The van der Waals surface area contributed by atoms with Crippen molar-refractivity contribution in [1.82, 2.24) is 18.8 Å². The van der Waals surface area contributed by atoms with Gasteiger partial charge in [0.2, 0.25) is 10.0 Å². The van der Waals surface area contributed by atoms with Crippen molar-refractivity contribution in [2.24, 2.45) is 7.05 Å². The number of aryl methyl sites for hydroxylation is 1. The summed E-state index contributed by atoms with van der Waals surface area (Å²) in [7, 11) is -2.17. The Morgan fingerprint density at radius 2 is 1.84 bits per heavy atom. The summed E-state index contributed by atoms with van der Waals surface area (Å²) in [5.41, 5.74) is -1.28. The fourth-order valence-electron chi connectivity index (χ4n) is 4.12. The molecular formula is C24H23FIN5O5S. The van der Waals surface area contributed by atoms with E-state index in [0.717, 1.165) is 4.57 Å². The van der Waals surface area contributed by atoms with Crippen molar-refractivity contribution in [1.29, 1.82) is 0 Å². The molecule has 3 N–H and O–H groups in total. The molecule has 194 valence electrons. The molecule has 4 aromatic rings. The Labute approximate surface area is 224 Å². The highest BCUT2D eigenvalue weighted by molar-refractivity contribution is 14.1. The fourth-order valence-corrected chi connectivity index (χ4v) is 5.73. The van der Waals surface area contributed by atoms with Gasteiger partial charge in [-0.2, -0.15) is 0 Å². The van der Waals surface area contributed by atoms with Crippen molar-refractivity contribution in [2.75, 3.05) is 11.9 Å². The second-order valence-electron chi connectivity index (χ2n) is 8.33. The lowest BCUT2D eigenvalue weighted by molar-refractivity contribution is 0.583. The lowest BCUT2D eigenvalue weighted by Gasteiger charge is -2.19. The smallest absolute Gasteiger partial charge is 0.333 e. The quantitative estimate of drug-likeness (QED) is 0.266. The van der Waals surface area contributed by atoms with Crippen LogP contribution in [0.25, 0.3) is 16.6 Å². The molecule has 0 fully saturated rings. The third-order valence-electron chi connectivity index (χ3n) is 5.74. The van der Waals surface area contributed by atoms with Crippen LogP contribution >= 0.6 is 22.6 Å². The monoisotopic (exact) mass is 639 g/mol. The standard InChI is InChI=1S/C24H23FIN5O5S/c1-4-27-37(35,36)12-14-6-5-7-16(10-14)31-20-13(2)23(33)30(3)21(19(20)22(32)29-24(31)34)28-18-9-8-15(26)11-17(18)25/h5-11,27-28H,4,12H2,1-3H3,(H,29,32,34). The summed E-state index contributed by atoms with van der Waals surface area (Å²) in [5.74, 6) is -0.927. The molecule has 0 aliphatic rings. The summed E-state index contributed by atoms with van der Waals surface area (Å²) in [6.07, 6.45) is 0. The first kappa shape index (κ1) is 26.8. The Hall–Kier alpha value is -3.30. The summed E-state index contributed by atoms with van der Waals surface area (Å²) in [6.45, 7) is 3.37. The molecule has 0 aliphatic carbocycles. The summed E-state index contributed by atoms with van der Waals surface area (Å²) in [6, 6.07) is 10.7. The maximum atomic E-state index is 14.6. The van der Waals surface area contributed by atoms with Crippen molar-refractivity contribution in [3.8, 4) is 5.69 Å². The third kappa shape index (κ3) is 5.24. The molecule has 0 atom stereocenters. The number of hydrogen-bond acceptors (Lipinski definition) is 6. The van der Waals surface area contributed by atoms with E-state index < -0.39 is 32.6 Å². The van der Waals surface area contributed by atoms with Gasteiger partial charge in [0.25, 0.3) is 11.1 Å². The first-order chi connectivity index (χ1) is 17.4. The predicted molar refractivity (Wildman–Crippen MR) is 149 cm³/mol. The zero-order chi connectivity index (χ0) is 27.1. The molecule has 4 rings (SSSR count). The number of aromatic amines is 1. The van der Waals surface area contributed by atoms with E-state index in [1.165, 1.54) is 36.7 Å². The normalized spacial score (nSPS) is 11.7. The minimum absolute atomic E-state index is 0.00779. The van der Waals surface area contributed by atoms with Crippen LogP contribution in [-0.4, -0.2) is 29.1 Å². The Balaban J connectivity index is 2.01. The zero-order valence-corrected chi connectivity index (χ0v) is 23.0. The van der Waals surface area contributed by atoms with Gasteiger partial charge in [0.1, 0.15) is 17.0 Å². The van der Waals surface area contributed by atoms with Crippen LogP contribution in [0.3, 0.4) is 0 Å². The van der Waals surface area contributed by atoms with Gasteiger partial charge < -0.3 is 5.32 Å². The highest BCUT2D eigenvalue weighted by Crippen LogP contribution is 2.27. The van der Waals surface area contributed by atoms with Gasteiger partial charge in [0.15, 0.2) is 0 Å². The van der Waals surface area contributed by atoms with Crippen LogP contribution in [0.5, 0.6) is 0 Å². The van der Waals surface area contributed by atoms with Gasteiger partial charge in [0.05, 0.1) is 22.6 Å². The van der Waals surface area contributed by atoms with Crippen LogP contribution < -0.4 is 26.8 Å². The molecule has 0 aliphatic heterocycles. The minimum atomic E-state index is -3.61. The maximum absolute atomic E-state index is 14.6. The van der Waals surface area contributed by atoms with Crippen molar-refractivity contribution < 1.29 is 12.8 Å². The SMILES string of the molecule is CCNS(=O)(=O)Cc1cccc(-n2c(=O)[nH]c(=O)c3c(Nc4ccc(I)cc4F)n(C)c(=O)c(C)c32)c1. The largest absolute Gasteiger partial charge is 0.338 e. The van der Waals surface area contributed by atoms with Gasteiger partial charge in [-0.1, -0.05) is 19.1 Å². The number of sulfonamides is 1. The molecule has 37 heavy (non-hydrogen) atoms. The number of nitrogens with zero attached hydrogens (tertiary/aromatic N) is 2. The van der Waals surface area contributed by atoms with Crippen LogP contribution in [-0.2, 0) is 22.8 Å². The molecule has 2 heterocycles. The van der Waals surface area contributed by atoms with E-state index in [1.807, 2.05) is 22.6 Å². The Kier molecular flexibility index (Phi) is 7.39. The Bertz CT molecular complexity index is 1830. The van der Waals surface area contributed by atoms with Gasteiger partial charge in [-0.3, -0.25) is 23.7 Å². The maximum Gasteiger partial charge on any atom is 0.333 e. The Morgan fingerprint density at radius 3 is 2.51 bits per heavy atom. The molecule has 0 unspecified atom stereocenters. The van der Waals surface area contributed by atoms with Gasteiger partial charge in [-0.05, 0) is 65.4 Å². The van der Waals surface area contributed by atoms with E-state index in [2.05, 4.69) is 15.0 Å². The lowest BCUT2D eigenvalue weighted by atomic mass is 10.1. The van der Waals surface area contributed by atoms with E-state index in [0.29, 0.717) is 9.13 Å². The molecule has 10 nitrogen and oxygen atoms in total. The van der Waals surface area contributed by atoms with E-state index in [-0.39, 0.29) is 46.0 Å². The van der Waals surface area contributed by atoms with Crippen molar-refractivity contribution in [3.63, 3.8) is 0 Å². The van der Waals surface area contributed by atoms with Crippen LogP contribution in [0.1, 0.15) is 18.1 Å². The molecule has 0 amide bonds. The molecule has 0 spiro atoms. The second-order valence-corrected chi connectivity index (χ2v) is 11.4. The summed E-state index contributed by atoms with van der Waals surface area (Å²) in [5, 5.41) is 2.80. The average Bonchev–Trinajstić information content (AvgIpc) is 2.81. The molecule has 0 bridgehead atoms. The highest BCUT2D eigenvalue weighted by atomic mass is 127. The van der Waals surface area contributed by atoms with Gasteiger partial charge in [-0.15, -0.1) is 0 Å². The van der Waals surface area contributed by atoms with E-state index in [1.54, 1.807) is 31.2 Å². The van der Waals surface area contributed by atoms with Crippen molar-refractivity contribution in [3.05, 3.63) is 94.2 Å². The number of halogens is 2. The molecule has 2 aromatic heterocycles. The highest BCUT2D eigenvalue weighted by Gasteiger charge is 2.21. The zero-order valence-electron chi connectivity index (χ0n) is 20.1. The second kappa shape index (κ2) is 10.2. The predicted octanol–water partition coefficient (Wildman–Crippen LogP) is 2.61. The first-order valence-corrected chi connectivity index (χ1v) is 13.8. The number of anilines is 2. The number of H-pyrrole nitrogens is 1. The van der Waals surface area contributed by atoms with Gasteiger partial charge in [0, 0.05) is 22.7 Å². The minimum Gasteiger partial charge on any atom is -0.338 e. The molecule has 13 heteroatoms. The molecule has 2 aromatic carbocycles. The van der Waals surface area contributed by atoms with Crippen molar-refractivity contribution >= 4 is 55.0 Å². The molecular weight excluding hydrogens is 616 g/mol. The van der Waals surface area contributed by atoms with E-state index in [9.17, 15) is 27.2 Å². The van der Waals surface area contributed by atoms with Crippen LogP contribution in [0.4, 0.5) is 15.9 Å². The topological polar surface area (TPSA) is 135 Å². The Morgan fingerprint density at radius 1 is 1.11 bits per heavy atom. The van der Waals surface area contributed by atoms with Crippen LogP contribution in [0.15, 0.2) is 56.8 Å². The number of aromatic nitrogens is 3. The molecule has 0 saturated heterocycles. The van der Waals surface area contributed by atoms with Gasteiger partial charge >= 0.3 is 5.69 Å². The molecule has 0 saturated carbocycles. The lowest BCUT2D eigenvalue weighted by Crippen LogP contribution is -2.34. The molecule has 0 radical (unpaired) electrons. The number of hydrogen-bond donors (Lipinski definition) is 3. The van der Waals surface area contributed by atoms with Gasteiger partial charge in [-0.25, -0.2) is 22.3 Å². The summed E-state index contributed by atoms with van der Waals surface area (Å²) < 4.78 is 44.6. The van der Waals surface area contributed by atoms with Crippen LogP contribution in [0, 0.1) is 16.3 Å². The van der Waals surface area contributed by atoms with E-state index >= 15 is 0 Å². The number of nitrogens with one attached hydrogen (secondary N) is 3. The number of fused-ring (bicyclic) bond motifs is 1. The number of pyridine rings is 1. The first-order valence-electron chi connectivity index (χ1n) is 11.1. The van der Waals surface area contributed by atoms with Crippen LogP contribution in [0.2, 0.25) is 0 Å².